The Bertz CT molecular complexity index is 5010. The van der Waals surface area contributed by atoms with E-state index < -0.39 is 0 Å². The van der Waals surface area contributed by atoms with Gasteiger partial charge in [0.2, 0.25) is 0 Å². The van der Waals surface area contributed by atoms with Crippen molar-refractivity contribution in [2.75, 3.05) is 0 Å². The summed E-state index contributed by atoms with van der Waals surface area (Å²) < 4.78 is 4.66. The Balaban J connectivity index is 1.02. The summed E-state index contributed by atoms with van der Waals surface area (Å²) in [4.78, 5) is 16.7. The molecule has 15 rings (SSSR count). The molecule has 0 amide bonds. The second-order valence-corrected chi connectivity index (χ2v) is 21.3. The topological polar surface area (TPSA) is 120 Å². The third-order valence-corrected chi connectivity index (χ3v) is 16.3. The van der Waals surface area contributed by atoms with Crippen LogP contribution in [0.2, 0.25) is 0 Å². The van der Waals surface area contributed by atoms with E-state index in [9.17, 15) is 15.8 Å². The fraction of sp³-hybridized carbons (Fsp3) is 0. The smallest absolute Gasteiger partial charge is 0.166 e. The van der Waals surface area contributed by atoms with E-state index in [1.165, 1.54) is 0 Å². The van der Waals surface area contributed by atoms with Crippen LogP contribution >= 0.6 is 0 Å². The molecule has 0 spiro atoms. The van der Waals surface area contributed by atoms with Crippen LogP contribution in [0.5, 0.6) is 0 Å². The molecule has 3 heterocycles. The molecule has 398 valence electrons. The normalized spacial score (nSPS) is 11.2. The van der Waals surface area contributed by atoms with Gasteiger partial charge in [-0.05, 0) is 159 Å². The van der Waals surface area contributed by atoms with E-state index in [4.69, 9.17) is 15.0 Å². The molecule has 3 aromatic heterocycles. The molecule has 0 saturated heterocycles. The Morgan fingerprint density at radius 3 is 0.977 bits per heavy atom. The van der Waals surface area contributed by atoms with Crippen molar-refractivity contribution in [2.45, 2.75) is 0 Å². The van der Waals surface area contributed by atoms with Gasteiger partial charge in [0.05, 0.1) is 68.3 Å². The zero-order chi connectivity index (χ0) is 57.7. The number of hydrogen-bond acceptors (Lipinski definition) is 6. The van der Waals surface area contributed by atoms with Gasteiger partial charge in [-0.1, -0.05) is 176 Å². The zero-order valence-electron chi connectivity index (χ0n) is 46.1. The molecule has 0 aliphatic carbocycles. The van der Waals surface area contributed by atoms with E-state index >= 15 is 0 Å². The number of nitriles is 3. The van der Waals surface area contributed by atoms with Crippen LogP contribution in [0, 0.1) is 34.0 Å². The minimum atomic E-state index is 0.457. The molecule has 0 aliphatic heterocycles. The maximum atomic E-state index is 9.83. The number of para-hydroxylation sites is 2. The summed E-state index contributed by atoms with van der Waals surface area (Å²) in [5.74, 6) is 1.38. The summed E-state index contributed by atoms with van der Waals surface area (Å²) in [7, 11) is 0. The van der Waals surface area contributed by atoms with Crippen molar-refractivity contribution in [3.05, 3.63) is 296 Å². The lowest BCUT2D eigenvalue weighted by atomic mass is 9.99. The second kappa shape index (κ2) is 21.2. The first-order valence-electron chi connectivity index (χ1n) is 28.3. The Kier molecular flexibility index (Phi) is 12.5. The first-order chi connectivity index (χ1) is 42.5. The molecule has 0 saturated carbocycles. The molecule has 0 fully saturated rings. The summed E-state index contributed by atoms with van der Waals surface area (Å²) in [5, 5.41) is 33.7. The average Bonchev–Trinajstić information content (AvgIpc) is 2.00. The molecule has 0 radical (unpaired) electrons. The number of benzene rings is 12. The summed E-state index contributed by atoms with van der Waals surface area (Å²) in [6.45, 7) is 0. The average molecular weight is 1100 g/mol. The van der Waals surface area contributed by atoms with Crippen LogP contribution in [-0.4, -0.2) is 24.1 Å². The van der Waals surface area contributed by atoms with Crippen LogP contribution in [0.1, 0.15) is 16.7 Å². The highest BCUT2D eigenvalue weighted by molar-refractivity contribution is 6.12. The lowest BCUT2D eigenvalue weighted by Crippen LogP contribution is -2.06. The van der Waals surface area contributed by atoms with Gasteiger partial charge in [-0.15, -0.1) is 0 Å². The number of nitrogens with zero attached hydrogens (tertiary/aromatic N) is 8. The van der Waals surface area contributed by atoms with Crippen molar-refractivity contribution in [1.29, 1.82) is 15.8 Å². The molecule has 0 unspecified atom stereocenters. The van der Waals surface area contributed by atoms with Gasteiger partial charge in [0.25, 0.3) is 0 Å². The molecule has 8 nitrogen and oxygen atoms in total. The Morgan fingerprint density at radius 1 is 0.233 bits per heavy atom. The van der Waals surface area contributed by atoms with Gasteiger partial charge >= 0.3 is 0 Å². The third kappa shape index (κ3) is 8.99. The standard InChI is InChI=1S/C78H46N8/c79-47-50-22-28-55(29-23-50)58-16-11-17-63(42-58)76-82-77(66-38-34-61(56-30-24-51(48-80)25-31-56)45-74(66)85-70-20-9-7-18-64(70)68-43-59(36-40-72(68)85)53-12-3-1-4-13-53)84-78(83-76)67-39-35-62(57-32-26-52(49-81)27-33-57)46-75(67)86-71-21-10-8-19-65(71)69-44-60(37-41-73(69)86)54-14-5-2-6-15-54/h1-46H. The number of rotatable bonds is 10. The fourth-order valence-electron chi connectivity index (χ4n) is 12.1. The highest BCUT2D eigenvalue weighted by Crippen LogP contribution is 2.43. The van der Waals surface area contributed by atoms with E-state index in [1.807, 2.05) is 97.1 Å². The Labute approximate surface area is 495 Å². The van der Waals surface area contributed by atoms with Crippen molar-refractivity contribution < 1.29 is 0 Å². The highest BCUT2D eigenvalue weighted by Gasteiger charge is 2.24. The largest absolute Gasteiger partial charge is 0.308 e. The quantitative estimate of drug-likeness (QED) is 0.135. The van der Waals surface area contributed by atoms with Gasteiger partial charge in [0.1, 0.15) is 0 Å². The minimum Gasteiger partial charge on any atom is -0.308 e. The van der Waals surface area contributed by atoms with Crippen molar-refractivity contribution in [3.63, 3.8) is 0 Å². The zero-order valence-corrected chi connectivity index (χ0v) is 46.1. The maximum absolute atomic E-state index is 9.83. The highest BCUT2D eigenvalue weighted by atomic mass is 15.1. The van der Waals surface area contributed by atoms with Gasteiger partial charge in [-0.25, -0.2) is 15.0 Å². The molecular formula is C78H46N8. The lowest BCUT2D eigenvalue weighted by molar-refractivity contribution is 1.06. The van der Waals surface area contributed by atoms with Crippen LogP contribution in [0.25, 0.3) is 145 Å². The molecule has 0 atom stereocenters. The van der Waals surface area contributed by atoms with Crippen molar-refractivity contribution in [1.82, 2.24) is 24.1 Å². The minimum absolute atomic E-state index is 0.457. The molecule has 0 bridgehead atoms. The third-order valence-electron chi connectivity index (χ3n) is 16.3. The summed E-state index contributed by atoms with van der Waals surface area (Å²) in [5.41, 5.74) is 20.0. The van der Waals surface area contributed by atoms with Gasteiger partial charge in [-0.2, -0.15) is 15.8 Å². The monoisotopic (exact) mass is 1090 g/mol. The van der Waals surface area contributed by atoms with Gasteiger partial charge in [0.15, 0.2) is 17.5 Å². The predicted molar refractivity (Wildman–Crippen MR) is 346 cm³/mol. The van der Waals surface area contributed by atoms with Crippen LogP contribution in [0.15, 0.2) is 279 Å². The van der Waals surface area contributed by atoms with Crippen LogP contribution in [-0.2, 0) is 0 Å². The first kappa shape index (κ1) is 50.7. The maximum Gasteiger partial charge on any atom is 0.166 e. The number of hydrogen-bond donors (Lipinski definition) is 0. The summed E-state index contributed by atoms with van der Waals surface area (Å²) >= 11 is 0. The molecule has 15 aromatic rings. The van der Waals surface area contributed by atoms with Crippen molar-refractivity contribution in [2.24, 2.45) is 0 Å². The number of fused-ring (bicyclic) bond motifs is 6. The van der Waals surface area contributed by atoms with Crippen LogP contribution < -0.4 is 0 Å². The van der Waals surface area contributed by atoms with Crippen LogP contribution in [0.3, 0.4) is 0 Å². The molecular weight excluding hydrogens is 1050 g/mol. The fourth-order valence-corrected chi connectivity index (χ4v) is 12.1. The van der Waals surface area contributed by atoms with E-state index in [1.54, 1.807) is 0 Å². The summed E-state index contributed by atoms with van der Waals surface area (Å²) in [6, 6.07) is 102. The van der Waals surface area contributed by atoms with E-state index in [-0.39, 0.29) is 0 Å². The predicted octanol–water partition coefficient (Wildman–Crippen LogP) is 19.0. The van der Waals surface area contributed by atoms with Gasteiger partial charge in [-0.3, -0.25) is 0 Å². The molecule has 12 aromatic carbocycles. The summed E-state index contributed by atoms with van der Waals surface area (Å²) in [6.07, 6.45) is 0. The van der Waals surface area contributed by atoms with Crippen LogP contribution in [0.4, 0.5) is 0 Å². The Hall–Kier alpha value is -12.3. The first-order valence-corrected chi connectivity index (χ1v) is 28.3. The van der Waals surface area contributed by atoms with Gasteiger partial charge in [0, 0.05) is 38.2 Å². The number of aromatic nitrogens is 5. The van der Waals surface area contributed by atoms with E-state index in [2.05, 4.69) is 209 Å². The molecule has 86 heavy (non-hydrogen) atoms. The lowest BCUT2D eigenvalue weighted by Gasteiger charge is -2.18. The molecule has 0 aliphatic rings. The van der Waals surface area contributed by atoms with E-state index in [0.717, 1.165) is 127 Å². The van der Waals surface area contributed by atoms with Crippen molar-refractivity contribution >= 4 is 43.6 Å². The van der Waals surface area contributed by atoms with E-state index in [0.29, 0.717) is 34.2 Å². The molecule has 8 heteroatoms. The van der Waals surface area contributed by atoms with Crippen molar-refractivity contribution in [3.8, 4) is 119 Å². The molecule has 0 N–H and O–H groups in total. The second-order valence-electron chi connectivity index (χ2n) is 21.3. The Morgan fingerprint density at radius 2 is 0.547 bits per heavy atom. The SMILES string of the molecule is N#Cc1ccc(-c2cccc(-c3nc(-c4ccc(-c5ccc(C#N)cc5)cc4-n4c5ccccc5c5cc(-c6ccccc6)ccc54)nc(-c4ccc(-c5ccc(C#N)cc5)cc4-n4c5ccccc5c5cc(-c6ccccc6)ccc54)n3)c2)cc1. The van der Waals surface area contributed by atoms with Gasteiger partial charge < -0.3 is 9.13 Å².